The molecule has 0 atom stereocenters. The second kappa shape index (κ2) is 6.98. The van der Waals surface area contributed by atoms with Crippen LogP contribution in [0.25, 0.3) is 0 Å². The third-order valence-electron chi connectivity index (χ3n) is 3.69. The minimum Gasteiger partial charge on any atom is -0.444 e. The Balaban J connectivity index is 1.87. The average molecular weight is 322 g/mol. The monoisotopic (exact) mass is 322 g/mol. The van der Waals surface area contributed by atoms with Gasteiger partial charge in [0, 0.05) is 24.8 Å². The zero-order valence-electron chi connectivity index (χ0n) is 13.8. The molecule has 6 heteroatoms. The fourth-order valence-electron chi connectivity index (χ4n) is 2.56. The highest BCUT2D eigenvalue weighted by Gasteiger charge is 2.24. The van der Waals surface area contributed by atoms with E-state index >= 15 is 0 Å². The number of benzene rings is 1. The van der Waals surface area contributed by atoms with E-state index in [1.807, 2.05) is 25.7 Å². The number of alkyl carbamates (subject to hydrolysis) is 1. The Morgan fingerprint density at radius 2 is 2.00 bits per heavy atom. The van der Waals surface area contributed by atoms with Gasteiger partial charge in [0.15, 0.2) is 6.29 Å². The van der Waals surface area contributed by atoms with Crippen LogP contribution in [-0.2, 0) is 4.74 Å². The van der Waals surface area contributed by atoms with Crippen LogP contribution in [0.5, 0.6) is 0 Å². The summed E-state index contributed by atoms with van der Waals surface area (Å²) in [6.07, 6.45) is 1.63. The predicted molar refractivity (Wildman–Crippen MR) is 86.4 cm³/mol. The van der Waals surface area contributed by atoms with E-state index in [1.54, 1.807) is 6.07 Å². The van der Waals surface area contributed by atoms with Crippen LogP contribution in [-0.4, -0.2) is 37.1 Å². The number of rotatable bonds is 3. The molecule has 1 heterocycles. The Bertz CT molecular complexity index is 576. The molecule has 0 aromatic heterocycles. The molecule has 1 aromatic carbocycles. The number of carbonyl (C=O) groups excluding carboxylic acids is 2. The fourth-order valence-corrected chi connectivity index (χ4v) is 2.56. The molecular weight excluding hydrogens is 299 g/mol. The smallest absolute Gasteiger partial charge is 0.407 e. The lowest BCUT2D eigenvalue weighted by Gasteiger charge is -2.34. The van der Waals surface area contributed by atoms with Gasteiger partial charge in [-0.1, -0.05) is 0 Å². The summed E-state index contributed by atoms with van der Waals surface area (Å²) in [5.74, 6) is -0.508. The third kappa shape index (κ3) is 4.94. The Morgan fingerprint density at radius 1 is 1.35 bits per heavy atom. The highest BCUT2D eigenvalue weighted by molar-refractivity contribution is 5.76. The van der Waals surface area contributed by atoms with Crippen LogP contribution in [0.1, 0.15) is 44.0 Å². The van der Waals surface area contributed by atoms with Crippen LogP contribution >= 0.6 is 0 Å². The molecule has 126 valence electrons. The maximum Gasteiger partial charge on any atom is 0.407 e. The van der Waals surface area contributed by atoms with Crippen molar-refractivity contribution < 1.29 is 18.7 Å². The zero-order valence-corrected chi connectivity index (χ0v) is 13.8. The first-order valence-electron chi connectivity index (χ1n) is 7.77. The van der Waals surface area contributed by atoms with Crippen LogP contribution < -0.4 is 10.2 Å². The third-order valence-corrected chi connectivity index (χ3v) is 3.69. The number of amides is 1. The molecule has 0 bridgehead atoms. The number of halogens is 1. The molecule has 0 unspecified atom stereocenters. The summed E-state index contributed by atoms with van der Waals surface area (Å²) in [6, 6.07) is 4.67. The fraction of sp³-hybridized carbons (Fsp3) is 0.529. The van der Waals surface area contributed by atoms with E-state index in [-0.39, 0.29) is 11.6 Å². The number of anilines is 1. The molecule has 1 amide bonds. The Morgan fingerprint density at radius 3 is 2.52 bits per heavy atom. The molecule has 0 radical (unpaired) electrons. The van der Waals surface area contributed by atoms with E-state index in [9.17, 15) is 14.0 Å². The standard InChI is InChI=1S/C17H23FN2O3/c1-17(2,3)23-16(22)19-13-6-8-20(9-7-13)14-5-4-12(11-21)15(18)10-14/h4-5,10-11,13H,6-9H2,1-3H3,(H,19,22). The summed E-state index contributed by atoms with van der Waals surface area (Å²) >= 11 is 0. The second-order valence-corrected chi connectivity index (χ2v) is 6.73. The number of carbonyl (C=O) groups is 2. The lowest BCUT2D eigenvalue weighted by atomic mass is 10.0. The minimum atomic E-state index is -0.511. The van der Waals surface area contributed by atoms with Crippen molar-refractivity contribution in [2.24, 2.45) is 0 Å². The molecule has 23 heavy (non-hydrogen) atoms. The molecular formula is C17H23FN2O3. The van der Waals surface area contributed by atoms with Crippen LogP contribution in [0, 0.1) is 5.82 Å². The number of hydrogen-bond donors (Lipinski definition) is 1. The first kappa shape index (κ1) is 17.2. The van der Waals surface area contributed by atoms with Gasteiger partial charge in [-0.3, -0.25) is 4.79 Å². The van der Waals surface area contributed by atoms with Crippen molar-refractivity contribution >= 4 is 18.1 Å². The lowest BCUT2D eigenvalue weighted by molar-refractivity contribution is 0.0497. The predicted octanol–water partition coefficient (Wildman–Crippen LogP) is 3.13. The van der Waals surface area contributed by atoms with Crippen molar-refractivity contribution in [3.8, 4) is 0 Å². The zero-order chi connectivity index (χ0) is 17.0. The Hall–Kier alpha value is -2.11. The Kier molecular flexibility index (Phi) is 5.23. The van der Waals surface area contributed by atoms with Gasteiger partial charge in [0.25, 0.3) is 0 Å². The van der Waals surface area contributed by atoms with Gasteiger partial charge in [-0.05, 0) is 51.8 Å². The van der Waals surface area contributed by atoms with Crippen molar-refractivity contribution in [3.63, 3.8) is 0 Å². The summed E-state index contributed by atoms with van der Waals surface area (Å²) < 4.78 is 18.9. The largest absolute Gasteiger partial charge is 0.444 e. The Labute approximate surface area is 135 Å². The average Bonchev–Trinajstić information content (AvgIpc) is 2.46. The van der Waals surface area contributed by atoms with Crippen molar-refractivity contribution in [1.82, 2.24) is 5.32 Å². The number of ether oxygens (including phenoxy) is 1. The van der Waals surface area contributed by atoms with Gasteiger partial charge in [-0.2, -0.15) is 0 Å². The number of hydrogen-bond acceptors (Lipinski definition) is 4. The number of aldehydes is 1. The topological polar surface area (TPSA) is 58.6 Å². The van der Waals surface area contributed by atoms with Crippen LogP contribution in [0.4, 0.5) is 14.9 Å². The van der Waals surface area contributed by atoms with Crippen molar-refractivity contribution in [2.75, 3.05) is 18.0 Å². The van der Waals surface area contributed by atoms with Gasteiger partial charge < -0.3 is 15.0 Å². The van der Waals surface area contributed by atoms with E-state index in [1.165, 1.54) is 12.1 Å². The molecule has 0 aliphatic carbocycles. The summed E-state index contributed by atoms with van der Waals surface area (Å²) in [7, 11) is 0. The van der Waals surface area contributed by atoms with Crippen molar-refractivity contribution in [2.45, 2.75) is 45.3 Å². The summed E-state index contributed by atoms with van der Waals surface area (Å²) in [5.41, 5.74) is 0.307. The minimum absolute atomic E-state index is 0.0557. The molecule has 1 aliphatic rings. The number of piperidine rings is 1. The van der Waals surface area contributed by atoms with E-state index < -0.39 is 17.5 Å². The first-order valence-corrected chi connectivity index (χ1v) is 7.77. The van der Waals surface area contributed by atoms with Gasteiger partial charge in [-0.15, -0.1) is 0 Å². The lowest BCUT2D eigenvalue weighted by Crippen LogP contribution is -2.46. The van der Waals surface area contributed by atoms with Gasteiger partial charge in [0.1, 0.15) is 11.4 Å². The van der Waals surface area contributed by atoms with E-state index in [4.69, 9.17) is 4.74 Å². The van der Waals surface area contributed by atoms with Gasteiger partial charge in [0.05, 0.1) is 5.56 Å². The quantitative estimate of drug-likeness (QED) is 0.869. The number of nitrogens with zero attached hydrogens (tertiary/aromatic N) is 1. The van der Waals surface area contributed by atoms with Crippen molar-refractivity contribution in [1.29, 1.82) is 0 Å². The van der Waals surface area contributed by atoms with Crippen LogP contribution in [0.15, 0.2) is 18.2 Å². The van der Waals surface area contributed by atoms with Crippen LogP contribution in [0.2, 0.25) is 0 Å². The molecule has 1 saturated heterocycles. The van der Waals surface area contributed by atoms with Gasteiger partial charge >= 0.3 is 6.09 Å². The SMILES string of the molecule is CC(C)(C)OC(=O)NC1CCN(c2ccc(C=O)c(F)c2)CC1. The van der Waals surface area contributed by atoms with Crippen LogP contribution in [0.3, 0.4) is 0 Å². The number of nitrogens with one attached hydrogen (secondary N) is 1. The summed E-state index contributed by atoms with van der Waals surface area (Å²) in [4.78, 5) is 24.5. The molecule has 1 aromatic rings. The molecule has 0 spiro atoms. The van der Waals surface area contributed by atoms with E-state index in [0.717, 1.165) is 18.5 Å². The van der Waals surface area contributed by atoms with E-state index in [0.29, 0.717) is 19.4 Å². The molecule has 0 saturated carbocycles. The molecule has 5 nitrogen and oxygen atoms in total. The summed E-state index contributed by atoms with van der Waals surface area (Å²) in [6.45, 7) is 6.90. The molecule has 1 fully saturated rings. The van der Waals surface area contributed by atoms with Gasteiger partial charge in [-0.25, -0.2) is 9.18 Å². The first-order chi connectivity index (χ1) is 10.8. The maximum absolute atomic E-state index is 13.7. The maximum atomic E-state index is 13.7. The normalized spacial score (nSPS) is 16.1. The van der Waals surface area contributed by atoms with Gasteiger partial charge in [0.2, 0.25) is 0 Å². The van der Waals surface area contributed by atoms with Crippen molar-refractivity contribution in [3.05, 3.63) is 29.6 Å². The molecule has 2 rings (SSSR count). The highest BCUT2D eigenvalue weighted by Crippen LogP contribution is 2.22. The van der Waals surface area contributed by atoms with E-state index in [2.05, 4.69) is 5.32 Å². The molecule has 1 N–H and O–H groups in total. The highest BCUT2D eigenvalue weighted by atomic mass is 19.1. The molecule has 1 aliphatic heterocycles. The summed E-state index contributed by atoms with van der Waals surface area (Å²) in [5, 5.41) is 2.87. The second-order valence-electron chi connectivity index (χ2n) is 6.73.